The van der Waals surface area contributed by atoms with E-state index in [2.05, 4.69) is 25.3 Å². The Balaban J connectivity index is 1.80. The van der Waals surface area contributed by atoms with Crippen LogP contribution in [0.4, 0.5) is 17.3 Å². The van der Waals surface area contributed by atoms with Crippen LogP contribution in [0, 0.1) is 6.92 Å². The average molecular weight is 305 g/mol. The van der Waals surface area contributed by atoms with Gasteiger partial charge in [-0.3, -0.25) is 4.57 Å². The fraction of sp³-hybridized carbons (Fsp3) is 0.0625. The number of benzene rings is 1. The van der Waals surface area contributed by atoms with E-state index < -0.39 is 0 Å². The van der Waals surface area contributed by atoms with E-state index in [0.29, 0.717) is 11.6 Å². The van der Waals surface area contributed by atoms with Gasteiger partial charge in [0.25, 0.3) is 0 Å². The summed E-state index contributed by atoms with van der Waals surface area (Å²) < 4.78 is 1.89. The molecule has 3 aromatic heterocycles. The highest BCUT2D eigenvalue weighted by molar-refractivity contribution is 5.83. The molecule has 0 bridgehead atoms. The van der Waals surface area contributed by atoms with Crippen LogP contribution in [0.2, 0.25) is 0 Å². The van der Waals surface area contributed by atoms with E-state index in [0.717, 1.165) is 28.1 Å². The Morgan fingerprint density at radius 3 is 3.00 bits per heavy atom. The molecule has 4 aromatic rings. The van der Waals surface area contributed by atoms with E-state index in [4.69, 9.17) is 5.73 Å². The molecule has 114 valence electrons. The van der Waals surface area contributed by atoms with Crippen LogP contribution in [-0.2, 0) is 0 Å². The Labute approximate surface area is 132 Å². The lowest BCUT2D eigenvalue weighted by molar-refractivity contribution is 0.998. The number of anilines is 3. The molecule has 0 unspecified atom stereocenters. The minimum absolute atomic E-state index is 0.667. The summed E-state index contributed by atoms with van der Waals surface area (Å²) in [7, 11) is 0. The fourth-order valence-corrected chi connectivity index (χ4v) is 2.51. The molecule has 4 rings (SSSR count). The largest absolute Gasteiger partial charge is 0.399 e. The van der Waals surface area contributed by atoms with Crippen molar-refractivity contribution in [2.45, 2.75) is 6.92 Å². The number of fused-ring (bicyclic) bond motifs is 1. The molecule has 1 aromatic carbocycles. The van der Waals surface area contributed by atoms with Crippen molar-refractivity contribution in [2.24, 2.45) is 0 Å². The van der Waals surface area contributed by atoms with Crippen LogP contribution in [0.15, 0.2) is 49.2 Å². The number of imidazole rings is 1. The van der Waals surface area contributed by atoms with Crippen molar-refractivity contribution < 1.29 is 0 Å². The van der Waals surface area contributed by atoms with Crippen molar-refractivity contribution in [1.82, 2.24) is 24.5 Å². The van der Waals surface area contributed by atoms with Gasteiger partial charge in [0.2, 0.25) is 5.95 Å². The summed E-state index contributed by atoms with van der Waals surface area (Å²) in [5.74, 6) is 1.43. The maximum absolute atomic E-state index is 5.87. The van der Waals surface area contributed by atoms with Gasteiger partial charge in [0.05, 0.1) is 5.39 Å². The van der Waals surface area contributed by atoms with Crippen LogP contribution in [0.3, 0.4) is 0 Å². The summed E-state index contributed by atoms with van der Waals surface area (Å²) in [6, 6.07) is 7.68. The molecule has 7 heteroatoms. The zero-order valence-electron chi connectivity index (χ0n) is 12.5. The van der Waals surface area contributed by atoms with Gasteiger partial charge in [-0.2, -0.15) is 0 Å². The van der Waals surface area contributed by atoms with Gasteiger partial charge in [0, 0.05) is 30.0 Å². The SMILES string of the molecule is Cc1ccc(N)cc1Nc1nccn1-c1ncnc2[nH]ccc12. The predicted octanol–water partition coefficient (Wildman–Crippen LogP) is 2.78. The van der Waals surface area contributed by atoms with Gasteiger partial charge in [0.15, 0.2) is 5.82 Å². The second-order valence-electron chi connectivity index (χ2n) is 5.26. The number of hydrogen-bond donors (Lipinski definition) is 3. The van der Waals surface area contributed by atoms with Crippen molar-refractivity contribution in [3.8, 4) is 5.82 Å². The minimum Gasteiger partial charge on any atom is -0.399 e. The highest BCUT2D eigenvalue weighted by Crippen LogP contribution is 2.25. The Morgan fingerprint density at radius 2 is 2.09 bits per heavy atom. The van der Waals surface area contributed by atoms with Crippen molar-refractivity contribution in [3.63, 3.8) is 0 Å². The van der Waals surface area contributed by atoms with E-state index in [9.17, 15) is 0 Å². The van der Waals surface area contributed by atoms with Gasteiger partial charge in [-0.05, 0) is 30.7 Å². The molecule has 0 aliphatic rings. The van der Waals surface area contributed by atoms with Gasteiger partial charge >= 0.3 is 0 Å². The van der Waals surface area contributed by atoms with Gasteiger partial charge in [-0.1, -0.05) is 6.07 Å². The molecular weight excluding hydrogens is 290 g/mol. The molecule has 0 amide bonds. The van der Waals surface area contributed by atoms with Crippen molar-refractivity contribution >= 4 is 28.4 Å². The summed E-state index contributed by atoms with van der Waals surface area (Å²) in [6.07, 6.45) is 6.96. The van der Waals surface area contributed by atoms with Gasteiger partial charge < -0.3 is 16.0 Å². The zero-order chi connectivity index (χ0) is 15.8. The molecule has 0 saturated heterocycles. The first-order valence-corrected chi connectivity index (χ1v) is 7.17. The highest BCUT2D eigenvalue weighted by atomic mass is 15.2. The van der Waals surface area contributed by atoms with Crippen LogP contribution in [-0.4, -0.2) is 24.5 Å². The third-order valence-electron chi connectivity index (χ3n) is 3.71. The monoisotopic (exact) mass is 305 g/mol. The number of rotatable bonds is 3. The highest BCUT2D eigenvalue weighted by Gasteiger charge is 2.12. The molecule has 0 atom stereocenters. The Kier molecular flexibility index (Phi) is 2.97. The lowest BCUT2D eigenvalue weighted by Crippen LogP contribution is -2.05. The van der Waals surface area contributed by atoms with Crippen LogP contribution >= 0.6 is 0 Å². The lowest BCUT2D eigenvalue weighted by atomic mass is 10.2. The van der Waals surface area contributed by atoms with E-state index in [-0.39, 0.29) is 0 Å². The maximum atomic E-state index is 5.87. The average Bonchev–Trinajstić information content (AvgIpc) is 3.19. The fourth-order valence-electron chi connectivity index (χ4n) is 2.51. The summed E-state index contributed by atoms with van der Waals surface area (Å²) in [4.78, 5) is 16.1. The molecule has 0 aliphatic heterocycles. The Hall–Kier alpha value is -3.35. The number of hydrogen-bond acceptors (Lipinski definition) is 5. The summed E-state index contributed by atoms with van der Waals surface area (Å²) >= 11 is 0. The topological polar surface area (TPSA) is 97.4 Å². The van der Waals surface area contributed by atoms with Crippen molar-refractivity contribution in [3.05, 3.63) is 54.7 Å². The number of nitrogens with one attached hydrogen (secondary N) is 2. The van der Waals surface area contributed by atoms with Gasteiger partial charge in [-0.25, -0.2) is 15.0 Å². The molecule has 0 radical (unpaired) electrons. The molecular formula is C16H15N7. The van der Waals surface area contributed by atoms with E-state index in [1.807, 2.05) is 48.1 Å². The van der Waals surface area contributed by atoms with Crippen LogP contribution in [0.25, 0.3) is 16.9 Å². The number of H-pyrrole nitrogens is 1. The van der Waals surface area contributed by atoms with E-state index in [1.54, 1.807) is 6.20 Å². The lowest BCUT2D eigenvalue weighted by Gasteiger charge is -2.12. The quantitative estimate of drug-likeness (QED) is 0.506. The number of nitrogens with zero attached hydrogens (tertiary/aromatic N) is 4. The number of nitrogens with two attached hydrogens (primary N) is 1. The normalized spacial score (nSPS) is 11.0. The minimum atomic E-state index is 0.667. The first kappa shape index (κ1) is 13.3. The van der Waals surface area contributed by atoms with Crippen molar-refractivity contribution in [1.29, 1.82) is 0 Å². The Bertz CT molecular complexity index is 983. The third kappa shape index (κ3) is 2.28. The van der Waals surface area contributed by atoms with E-state index in [1.165, 1.54) is 6.33 Å². The summed E-state index contributed by atoms with van der Waals surface area (Å²) in [5.41, 5.74) is 9.36. The second-order valence-corrected chi connectivity index (χ2v) is 5.26. The number of aromatic amines is 1. The first-order valence-electron chi connectivity index (χ1n) is 7.17. The molecule has 0 spiro atoms. The number of aromatic nitrogens is 5. The molecule has 0 saturated carbocycles. The predicted molar refractivity (Wildman–Crippen MR) is 89.9 cm³/mol. The van der Waals surface area contributed by atoms with Gasteiger partial charge in [-0.15, -0.1) is 0 Å². The van der Waals surface area contributed by atoms with Crippen LogP contribution in [0.1, 0.15) is 5.56 Å². The molecule has 23 heavy (non-hydrogen) atoms. The molecule has 4 N–H and O–H groups in total. The standard InChI is InChI=1S/C16H15N7/c1-10-2-3-11(17)8-13(10)22-16-19-6-7-23(16)15-12-4-5-18-14(12)20-9-21-15/h2-9H,17H2,1H3,(H,19,22)(H,18,20,21). The maximum Gasteiger partial charge on any atom is 0.213 e. The number of nitrogen functional groups attached to an aromatic ring is 1. The second kappa shape index (κ2) is 5.13. The molecule has 3 heterocycles. The van der Waals surface area contributed by atoms with Crippen LogP contribution in [0.5, 0.6) is 0 Å². The first-order chi connectivity index (χ1) is 11.2. The summed E-state index contributed by atoms with van der Waals surface area (Å²) in [6.45, 7) is 2.02. The number of aryl methyl sites for hydroxylation is 1. The summed E-state index contributed by atoms with van der Waals surface area (Å²) in [5, 5.41) is 4.25. The zero-order valence-corrected chi connectivity index (χ0v) is 12.5. The molecule has 0 aliphatic carbocycles. The van der Waals surface area contributed by atoms with E-state index >= 15 is 0 Å². The third-order valence-corrected chi connectivity index (χ3v) is 3.71. The van der Waals surface area contributed by atoms with Gasteiger partial charge in [0.1, 0.15) is 12.0 Å². The molecule has 0 fully saturated rings. The smallest absolute Gasteiger partial charge is 0.213 e. The molecule has 7 nitrogen and oxygen atoms in total. The van der Waals surface area contributed by atoms with Crippen molar-refractivity contribution in [2.75, 3.05) is 11.1 Å². The van der Waals surface area contributed by atoms with Crippen LogP contribution < -0.4 is 11.1 Å². The Morgan fingerprint density at radius 1 is 1.17 bits per heavy atom.